The number of benzene rings is 1. The maximum absolute atomic E-state index is 13.0. The highest BCUT2D eigenvalue weighted by Gasteiger charge is 2.46. The van der Waals surface area contributed by atoms with E-state index in [9.17, 15) is 8.42 Å². The van der Waals surface area contributed by atoms with E-state index >= 15 is 0 Å². The lowest BCUT2D eigenvalue weighted by Gasteiger charge is -2.43. The Bertz CT molecular complexity index is 1160. The summed E-state index contributed by atoms with van der Waals surface area (Å²) in [6, 6.07) is 11.9. The molecule has 1 unspecified atom stereocenters. The molecule has 168 valence electrons. The minimum Gasteiger partial charge on any atom is -0.378 e. The van der Waals surface area contributed by atoms with Crippen LogP contribution in [0.15, 0.2) is 59.4 Å². The minimum absolute atomic E-state index is 0.348. The SMILES string of the molecule is Cc1ccc(C2=C3CCN(c4ccncc4)C3N(S(N)(=O)=O)C(N3CCOCC3)=N2)cc1. The van der Waals surface area contributed by atoms with Gasteiger partial charge in [-0.3, -0.25) is 4.98 Å². The van der Waals surface area contributed by atoms with Gasteiger partial charge in [0, 0.05) is 48.9 Å². The summed E-state index contributed by atoms with van der Waals surface area (Å²) in [5, 5.41) is 5.81. The smallest absolute Gasteiger partial charge is 0.303 e. The summed E-state index contributed by atoms with van der Waals surface area (Å²) in [4.78, 5) is 13.0. The van der Waals surface area contributed by atoms with Crippen molar-refractivity contribution in [3.05, 3.63) is 65.5 Å². The van der Waals surface area contributed by atoms with Crippen LogP contribution in [0.3, 0.4) is 0 Å². The van der Waals surface area contributed by atoms with Gasteiger partial charge < -0.3 is 14.5 Å². The molecule has 3 aliphatic rings. The van der Waals surface area contributed by atoms with Crippen LogP contribution < -0.4 is 10.0 Å². The van der Waals surface area contributed by atoms with Crippen LogP contribution in [0.1, 0.15) is 17.5 Å². The first kappa shape index (κ1) is 20.9. The van der Waals surface area contributed by atoms with Crippen LogP contribution in [0, 0.1) is 6.92 Å². The van der Waals surface area contributed by atoms with Gasteiger partial charge in [0.25, 0.3) is 0 Å². The summed E-state index contributed by atoms with van der Waals surface area (Å²) < 4.78 is 32.7. The van der Waals surface area contributed by atoms with Gasteiger partial charge in [0.05, 0.1) is 18.9 Å². The lowest BCUT2D eigenvalue weighted by molar-refractivity contribution is 0.0639. The first-order chi connectivity index (χ1) is 15.4. The van der Waals surface area contributed by atoms with E-state index in [1.165, 1.54) is 4.31 Å². The molecule has 2 fully saturated rings. The number of hydrogen-bond acceptors (Lipinski definition) is 7. The van der Waals surface area contributed by atoms with Gasteiger partial charge in [-0.1, -0.05) is 29.8 Å². The lowest BCUT2D eigenvalue weighted by atomic mass is 10.0. The van der Waals surface area contributed by atoms with Crippen molar-refractivity contribution in [1.29, 1.82) is 0 Å². The Kier molecular flexibility index (Phi) is 5.36. The van der Waals surface area contributed by atoms with Crippen LogP contribution in [0.5, 0.6) is 0 Å². The molecule has 9 nitrogen and oxygen atoms in total. The predicted octanol–water partition coefficient (Wildman–Crippen LogP) is 1.54. The summed E-state index contributed by atoms with van der Waals surface area (Å²) in [7, 11) is -4.10. The quantitative estimate of drug-likeness (QED) is 0.755. The minimum atomic E-state index is -4.10. The molecule has 32 heavy (non-hydrogen) atoms. The molecule has 4 heterocycles. The number of morpholine rings is 1. The molecular weight excluding hydrogens is 428 g/mol. The van der Waals surface area contributed by atoms with E-state index in [0.29, 0.717) is 45.2 Å². The number of anilines is 1. The van der Waals surface area contributed by atoms with Gasteiger partial charge in [-0.25, -0.2) is 14.4 Å². The van der Waals surface area contributed by atoms with Crippen molar-refractivity contribution in [3.63, 3.8) is 0 Å². The summed E-state index contributed by atoms with van der Waals surface area (Å²) in [5.41, 5.74) is 4.76. The summed E-state index contributed by atoms with van der Waals surface area (Å²) in [6.07, 6.45) is 3.51. The first-order valence-electron chi connectivity index (χ1n) is 10.6. The second kappa shape index (κ2) is 8.19. The number of ether oxygens (including phenoxy) is 1. The van der Waals surface area contributed by atoms with Crippen molar-refractivity contribution in [2.75, 3.05) is 37.7 Å². The molecule has 1 aromatic heterocycles. The fraction of sp³-hybridized carbons (Fsp3) is 0.364. The number of fused-ring (bicyclic) bond motifs is 1. The molecule has 1 atom stereocenters. The Morgan fingerprint density at radius 1 is 1.03 bits per heavy atom. The van der Waals surface area contributed by atoms with Crippen molar-refractivity contribution >= 4 is 27.6 Å². The molecule has 2 saturated heterocycles. The zero-order valence-corrected chi connectivity index (χ0v) is 18.7. The van der Waals surface area contributed by atoms with Crippen LogP contribution in [0.4, 0.5) is 5.69 Å². The van der Waals surface area contributed by atoms with Crippen LogP contribution in [-0.4, -0.2) is 67.6 Å². The van der Waals surface area contributed by atoms with E-state index < -0.39 is 16.4 Å². The van der Waals surface area contributed by atoms with Gasteiger partial charge in [0.15, 0.2) is 0 Å². The third kappa shape index (κ3) is 3.74. The second-order valence-electron chi connectivity index (χ2n) is 8.11. The van der Waals surface area contributed by atoms with E-state index in [1.54, 1.807) is 12.4 Å². The Balaban J connectivity index is 1.70. The largest absolute Gasteiger partial charge is 0.378 e. The highest BCUT2D eigenvalue weighted by molar-refractivity contribution is 7.87. The fourth-order valence-electron chi connectivity index (χ4n) is 4.51. The molecule has 3 aliphatic heterocycles. The van der Waals surface area contributed by atoms with Gasteiger partial charge in [-0.05, 0) is 25.5 Å². The molecule has 2 aromatic rings. The van der Waals surface area contributed by atoms with Gasteiger partial charge in [-0.2, -0.15) is 8.42 Å². The third-order valence-corrected chi connectivity index (χ3v) is 6.96. The number of aliphatic imine (C=N–C) groups is 1. The molecule has 2 N–H and O–H groups in total. The molecule has 0 spiro atoms. The molecule has 5 rings (SSSR count). The van der Waals surface area contributed by atoms with Gasteiger partial charge >= 0.3 is 10.2 Å². The Morgan fingerprint density at radius 3 is 2.38 bits per heavy atom. The molecule has 0 bridgehead atoms. The number of guanidine groups is 1. The summed E-state index contributed by atoms with van der Waals surface area (Å²) in [5.74, 6) is 0.348. The standard InChI is InChI=1S/C22H26N6O3S/c1-16-2-4-17(5-3-16)20-19-8-11-27(18-6-9-24-10-7-18)21(19)28(32(23,29)30)22(25-20)26-12-14-31-15-13-26/h2-7,9-10,21H,8,11-15H2,1H3,(H2,23,29,30). The highest BCUT2D eigenvalue weighted by atomic mass is 32.2. The number of aromatic nitrogens is 1. The van der Waals surface area contributed by atoms with Gasteiger partial charge in [0.2, 0.25) is 5.96 Å². The second-order valence-corrected chi connectivity index (χ2v) is 9.54. The van der Waals surface area contributed by atoms with E-state index in [-0.39, 0.29) is 0 Å². The maximum Gasteiger partial charge on any atom is 0.303 e. The fourth-order valence-corrected chi connectivity index (χ4v) is 5.42. The van der Waals surface area contributed by atoms with E-state index in [1.807, 2.05) is 48.2 Å². The van der Waals surface area contributed by atoms with E-state index in [4.69, 9.17) is 14.9 Å². The van der Waals surface area contributed by atoms with Gasteiger partial charge in [-0.15, -0.1) is 0 Å². The maximum atomic E-state index is 13.0. The number of nitrogens with zero attached hydrogens (tertiary/aromatic N) is 5. The van der Waals surface area contributed by atoms with Crippen molar-refractivity contribution in [2.45, 2.75) is 19.5 Å². The average molecular weight is 455 g/mol. The Labute approximate surface area is 188 Å². The van der Waals surface area contributed by atoms with E-state index in [2.05, 4.69) is 9.88 Å². The van der Waals surface area contributed by atoms with Crippen LogP contribution in [0.2, 0.25) is 0 Å². The zero-order valence-electron chi connectivity index (χ0n) is 17.9. The molecule has 0 saturated carbocycles. The number of aryl methyl sites for hydroxylation is 1. The number of nitrogens with two attached hydrogens (primary N) is 1. The topological polar surface area (TPSA) is 104 Å². The number of hydrogen-bond donors (Lipinski definition) is 1. The Morgan fingerprint density at radius 2 is 1.72 bits per heavy atom. The van der Waals surface area contributed by atoms with Crippen molar-refractivity contribution in [3.8, 4) is 0 Å². The van der Waals surface area contributed by atoms with Crippen molar-refractivity contribution < 1.29 is 13.2 Å². The summed E-state index contributed by atoms with van der Waals surface area (Å²) in [6.45, 7) is 4.79. The molecule has 1 aromatic carbocycles. The van der Waals surface area contributed by atoms with Crippen LogP contribution in [-0.2, 0) is 14.9 Å². The van der Waals surface area contributed by atoms with Crippen molar-refractivity contribution in [1.82, 2.24) is 14.2 Å². The molecular formula is C22H26N6O3S. The number of pyridine rings is 1. The normalized spacial score (nSPS) is 21.6. The summed E-state index contributed by atoms with van der Waals surface area (Å²) >= 11 is 0. The van der Waals surface area contributed by atoms with Gasteiger partial charge in [0.1, 0.15) is 6.17 Å². The third-order valence-electron chi connectivity index (χ3n) is 6.05. The molecule has 0 amide bonds. The highest BCUT2D eigenvalue weighted by Crippen LogP contribution is 2.41. The monoisotopic (exact) mass is 454 g/mol. The van der Waals surface area contributed by atoms with Crippen LogP contribution in [0.25, 0.3) is 5.70 Å². The molecule has 0 radical (unpaired) electrons. The van der Waals surface area contributed by atoms with Crippen LogP contribution >= 0.6 is 0 Å². The average Bonchev–Trinajstić information content (AvgIpc) is 3.24. The molecule has 0 aliphatic carbocycles. The number of rotatable bonds is 3. The van der Waals surface area contributed by atoms with Crippen molar-refractivity contribution in [2.24, 2.45) is 10.1 Å². The first-order valence-corrected chi connectivity index (χ1v) is 12.1. The van der Waals surface area contributed by atoms with E-state index in [0.717, 1.165) is 28.1 Å². The molecule has 10 heteroatoms. The zero-order chi connectivity index (χ0) is 22.3. The predicted molar refractivity (Wildman–Crippen MR) is 123 cm³/mol. The lowest BCUT2D eigenvalue weighted by Crippen LogP contribution is -2.61. The Hall–Kier alpha value is -2.95.